The molecule has 1 aromatic heterocycles. The number of carbonyl (C=O) groups is 2. The van der Waals surface area contributed by atoms with E-state index in [4.69, 9.17) is 4.74 Å². The fraction of sp³-hybridized carbons (Fsp3) is 0.115. The van der Waals surface area contributed by atoms with E-state index >= 15 is 0 Å². The molecule has 3 aromatic carbocycles. The molecule has 0 unspecified atom stereocenters. The molecule has 6 rings (SSSR count). The van der Waals surface area contributed by atoms with E-state index in [-0.39, 0.29) is 16.7 Å². The third-order valence-electron chi connectivity index (χ3n) is 6.10. The number of carbonyl (C=O) groups excluding carboxylic acids is 2. The number of rotatable bonds is 4. The Morgan fingerprint density at radius 3 is 2.37 bits per heavy atom. The third-order valence-corrected chi connectivity index (χ3v) is 8.51. The fourth-order valence-electron chi connectivity index (χ4n) is 4.62. The van der Waals surface area contributed by atoms with Crippen molar-refractivity contribution in [1.82, 2.24) is 4.98 Å². The first-order chi connectivity index (χ1) is 17.0. The SMILES string of the molecule is O=C1[C@H]2[C@H](c3cccc(Oc4ccccc4)c3)c3sc(=O)[nH]c3S[C@H]2C(=O)N1c1ccc(F)cc1. The van der Waals surface area contributed by atoms with Gasteiger partial charge in [-0.15, -0.1) is 0 Å². The van der Waals surface area contributed by atoms with Crippen LogP contribution < -0.4 is 14.5 Å². The number of nitrogens with zero attached hydrogens (tertiary/aromatic N) is 1. The minimum Gasteiger partial charge on any atom is -0.457 e. The molecule has 3 heterocycles. The zero-order valence-corrected chi connectivity index (χ0v) is 19.6. The number of halogens is 1. The molecule has 0 aliphatic carbocycles. The number of thioether (sulfide) groups is 1. The second-order valence-corrected chi connectivity index (χ2v) is 10.4. The summed E-state index contributed by atoms with van der Waals surface area (Å²) in [5, 5.41) is -0.114. The smallest absolute Gasteiger partial charge is 0.305 e. The number of anilines is 1. The molecule has 1 N–H and O–H groups in total. The van der Waals surface area contributed by atoms with Gasteiger partial charge in [-0.25, -0.2) is 9.29 Å². The van der Waals surface area contributed by atoms with E-state index in [1.54, 1.807) is 0 Å². The van der Waals surface area contributed by atoms with Gasteiger partial charge in [-0.2, -0.15) is 0 Å². The van der Waals surface area contributed by atoms with Gasteiger partial charge in [-0.1, -0.05) is 53.4 Å². The second kappa shape index (κ2) is 8.51. The highest BCUT2D eigenvalue weighted by Gasteiger charge is 2.56. The first-order valence-corrected chi connectivity index (χ1v) is 12.5. The molecule has 1 saturated heterocycles. The summed E-state index contributed by atoms with van der Waals surface area (Å²) in [4.78, 5) is 43.8. The maximum atomic E-state index is 13.7. The lowest BCUT2D eigenvalue weighted by atomic mass is 9.83. The number of nitrogens with one attached hydrogen (secondary N) is 1. The van der Waals surface area contributed by atoms with Gasteiger partial charge in [-0.05, 0) is 54.1 Å². The van der Waals surface area contributed by atoms with E-state index in [2.05, 4.69) is 4.98 Å². The lowest BCUT2D eigenvalue weighted by molar-refractivity contribution is -0.122. The van der Waals surface area contributed by atoms with Gasteiger partial charge in [-0.3, -0.25) is 14.4 Å². The molecule has 35 heavy (non-hydrogen) atoms. The third kappa shape index (κ3) is 3.77. The van der Waals surface area contributed by atoms with Crippen LogP contribution in [0.1, 0.15) is 16.4 Å². The number of thiazole rings is 1. The maximum absolute atomic E-state index is 13.7. The Bertz CT molecular complexity index is 1500. The highest BCUT2D eigenvalue weighted by Crippen LogP contribution is 2.53. The van der Waals surface area contributed by atoms with Crippen molar-refractivity contribution in [2.75, 3.05) is 4.90 Å². The Balaban J connectivity index is 1.43. The van der Waals surface area contributed by atoms with Crippen molar-refractivity contribution in [3.05, 3.63) is 105 Å². The largest absolute Gasteiger partial charge is 0.457 e. The van der Waals surface area contributed by atoms with Crippen LogP contribution in [-0.4, -0.2) is 22.0 Å². The van der Waals surface area contributed by atoms with Crippen LogP contribution in [0.4, 0.5) is 10.1 Å². The molecule has 174 valence electrons. The van der Waals surface area contributed by atoms with E-state index in [0.717, 1.165) is 26.7 Å². The highest BCUT2D eigenvalue weighted by molar-refractivity contribution is 8.00. The van der Waals surface area contributed by atoms with Crippen molar-refractivity contribution >= 4 is 40.6 Å². The Morgan fingerprint density at radius 2 is 1.60 bits per heavy atom. The predicted octanol–water partition coefficient (Wildman–Crippen LogP) is 5.16. The Labute approximate surface area is 207 Å². The Hall–Kier alpha value is -3.69. The quantitative estimate of drug-likeness (QED) is 0.388. The Morgan fingerprint density at radius 1 is 0.857 bits per heavy atom. The van der Waals surface area contributed by atoms with Crippen LogP contribution in [0.25, 0.3) is 0 Å². The van der Waals surface area contributed by atoms with Gasteiger partial charge >= 0.3 is 4.87 Å². The van der Waals surface area contributed by atoms with Crippen molar-refractivity contribution in [2.24, 2.45) is 5.92 Å². The number of benzene rings is 3. The van der Waals surface area contributed by atoms with Crippen LogP contribution in [-0.2, 0) is 9.59 Å². The molecular weight excluding hydrogens is 487 g/mol. The van der Waals surface area contributed by atoms with Crippen LogP contribution in [0.15, 0.2) is 88.7 Å². The van der Waals surface area contributed by atoms with E-state index in [9.17, 15) is 18.8 Å². The molecule has 0 saturated carbocycles. The molecule has 2 aliphatic rings. The normalized spacial score (nSPS) is 21.1. The van der Waals surface area contributed by atoms with Gasteiger partial charge in [0.15, 0.2) is 0 Å². The number of aromatic amines is 1. The summed E-state index contributed by atoms with van der Waals surface area (Å²) >= 11 is 2.25. The van der Waals surface area contributed by atoms with Crippen LogP contribution >= 0.6 is 23.1 Å². The molecular formula is C26H17FN2O4S2. The lowest BCUT2D eigenvalue weighted by Crippen LogP contribution is -2.32. The molecule has 4 aromatic rings. The van der Waals surface area contributed by atoms with Crippen LogP contribution in [0.3, 0.4) is 0 Å². The van der Waals surface area contributed by atoms with Gasteiger partial charge in [0.1, 0.15) is 22.6 Å². The summed E-state index contributed by atoms with van der Waals surface area (Å²) in [5.41, 5.74) is 1.10. The first kappa shape index (κ1) is 21.8. The monoisotopic (exact) mass is 504 g/mol. The zero-order valence-electron chi connectivity index (χ0n) is 18.0. The van der Waals surface area contributed by atoms with Crippen molar-refractivity contribution in [1.29, 1.82) is 0 Å². The van der Waals surface area contributed by atoms with Crippen molar-refractivity contribution in [3.63, 3.8) is 0 Å². The van der Waals surface area contributed by atoms with E-state index in [0.29, 0.717) is 22.2 Å². The topological polar surface area (TPSA) is 79.5 Å². The minimum absolute atomic E-state index is 0.237. The molecule has 0 radical (unpaired) electrons. The van der Waals surface area contributed by atoms with Crippen LogP contribution in [0.2, 0.25) is 0 Å². The minimum atomic E-state index is -0.719. The first-order valence-electron chi connectivity index (χ1n) is 10.9. The number of ether oxygens (including phenoxy) is 1. The summed E-state index contributed by atoms with van der Waals surface area (Å²) in [6, 6.07) is 22.0. The molecule has 6 nitrogen and oxygen atoms in total. The van der Waals surface area contributed by atoms with E-state index < -0.39 is 22.9 Å². The highest BCUT2D eigenvalue weighted by atomic mass is 32.2. The van der Waals surface area contributed by atoms with Gasteiger partial charge in [0.2, 0.25) is 11.8 Å². The summed E-state index contributed by atoms with van der Waals surface area (Å²) in [5.74, 6) is -1.18. The zero-order chi connectivity index (χ0) is 24.1. The number of H-pyrrole nitrogens is 1. The predicted molar refractivity (Wildman–Crippen MR) is 132 cm³/mol. The Kier molecular flexibility index (Phi) is 5.31. The number of fused-ring (bicyclic) bond motifs is 2. The number of hydrogen-bond donors (Lipinski definition) is 1. The number of para-hydroxylation sites is 1. The lowest BCUT2D eigenvalue weighted by Gasteiger charge is -2.30. The van der Waals surface area contributed by atoms with Gasteiger partial charge < -0.3 is 9.72 Å². The standard InChI is InChI=1S/C26H17FN2O4S2/c27-15-9-11-16(12-10-15)29-24(30)20-19(21-23(28-26(32)35-21)34-22(20)25(29)31)14-5-4-8-18(13-14)33-17-6-2-1-3-7-17/h1-13,19-20,22H,(H,28,32)/t19-,20-,22+/m0/s1. The summed E-state index contributed by atoms with van der Waals surface area (Å²) < 4.78 is 19.5. The fourth-order valence-corrected chi connectivity index (χ4v) is 7.13. The number of amides is 2. The molecule has 2 aliphatic heterocycles. The van der Waals surface area contributed by atoms with Crippen molar-refractivity contribution in [3.8, 4) is 11.5 Å². The average molecular weight is 505 g/mol. The van der Waals surface area contributed by atoms with E-state index in [1.165, 1.54) is 36.0 Å². The second-order valence-electron chi connectivity index (χ2n) is 8.23. The van der Waals surface area contributed by atoms with Gasteiger partial charge in [0, 0.05) is 10.8 Å². The number of aromatic nitrogens is 1. The number of hydrogen-bond acceptors (Lipinski definition) is 6. The molecule has 2 amide bonds. The molecule has 9 heteroatoms. The average Bonchev–Trinajstić information content (AvgIpc) is 3.35. The molecule has 0 bridgehead atoms. The van der Waals surface area contributed by atoms with Crippen molar-refractivity contribution < 1.29 is 18.7 Å². The van der Waals surface area contributed by atoms with Gasteiger partial charge in [0.05, 0.1) is 16.6 Å². The molecule has 1 fully saturated rings. The van der Waals surface area contributed by atoms with Crippen LogP contribution in [0, 0.1) is 11.7 Å². The van der Waals surface area contributed by atoms with E-state index in [1.807, 2.05) is 54.6 Å². The van der Waals surface area contributed by atoms with Gasteiger partial charge in [0.25, 0.3) is 0 Å². The summed E-state index contributed by atoms with van der Waals surface area (Å²) in [6.07, 6.45) is 0. The number of imide groups is 1. The summed E-state index contributed by atoms with van der Waals surface area (Å²) in [7, 11) is 0. The van der Waals surface area contributed by atoms with Crippen molar-refractivity contribution in [2.45, 2.75) is 16.2 Å². The van der Waals surface area contributed by atoms with Crippen LogP contribution in [0.5, 0.6) is 11.5 Å². The molecule has 0 spiro atoms. The summed E-state index contributed by atoms with van der Waals surface area (Å²) in [6.45, 7) is 0. The maximum Gasteiger partial charge on any atom is 0.305 e. The molecule has 3 atom stereocenters.